The number of hydrogen-bond donors (Lipinski definition) is 1. The Balaban J connectivity index is 2.76. The van der Waals surface area contributed by atoms with E-state index in [1.165, 1.54) is 6.07 Å². The highest BCUT2D eigenvalue weighted by Crippen LogP contribution is 2.34. The summed E-state index contributed by atoms with van der Waals surface area (Å²) in [5.41, 5.74) is -0.0234. The van der Waals surface area contributed by atoms with Crippen molar-refractivity contribution in [2.45, 2.75) is 26.4 Å². The lowest BCUT2D eigenvalue weighted by Crippen LogP contribution is -2.23. The van der Waals surface area contributed by atoms with Crippen molar-refractivity contribution in [2.24, 2.45) is 5.41 Å². The number of hydrogen-bond acceptors (Lipinski definition) is 1. The molecule has 108 valence electrons. The van der Waals surface area contributed by atoms with Crippen molar-refractivity contribution in [1.82, 2.24) is 0 Å². The Bertz CT molecular complexity index is 432. The van der Waals surface area contributed by atoms with Crippen LogP contribution in [-0.4, -0.2) is 12.4 Å². The molecule has 1 rings (SSSR count). The van der Waals surface area contributed by atoms with Gasteiger partial charge in [-0.3, -0.25) is 0 Å². The Kier molecular flexibility index (Phi) is 5.56. The molecule has 0 aliphatic carbocycles. The molecule has 1 nitrogen and oxygen atoms in total. The molecule has 0 bridgehead atoms. The summed E-state index contributed by atoms with van der Waals surface area (Å²) in [4.78, 5) is 0. The monoisotopic (exact) mass is 357 g/mol. The third-order valence-corrected chi connectivity index (χ3v) is 3.67. The highest BCUT2D eigenvalue weighted by atomic mass is 79.9. The molecule has 6 heteroatoms. The minimum Gasteiger partial charge on any atom is -0.384 e. The Morgan fingerprint density at radius 3 is 2.37 bits per heavy atom. The maximum Gasteiger partial charge on any atom is 0.416 e. The second-order valence-electron chi connectivity index (χ2n) is 5.15. The zero-order valence-electron chi connectivity index (χ0n) is 10.7. The number of anilines is 1. The van der Waals surface area contributed by atoms with Crippen LogP contribution in [0.2, 0.25) is 0 Å². The molecule has 0 aliphatic rings. The summed E-state index contributed by atoms with van der Waals surface area (Å²) < 4.78 is 38.0. The lowest BCUT2D eigenvalue weighted by molar-refractivity contribution is -0.137. The van der Waals surface area contributed by atoms with Crippen molar-refractivity contribution in [1.29, 1.82) is 0 Å². The van der Waals surface area contributed by atoms with Crippen LogP contribution >= 0.6 is 27.5 Å². The van der Waals surface area contributed by atoms with Gasteiger partial charge in [0.25, 0.3) is 0 Å². The summed E-state index contributed by atoms with van der Waals surface area (Å²) in [5, 5.41) is 3.14. The average molecular weight is 359 g/mol. The van der Waals surface area contributed by atoms with E-state index in [1.54, 1.807) is 0 Å². The lowest BCUT2D eigenvalue weighted by Gasteiger charge is -2.25. The van der Waals surface area contributed by atoms with Gasteiger partial charge in [0.2, 0.25) is 0 Å². The lowest BCUT2D eigenvalue weighted by atomic mass is 9.90. The fraction of sp³-hybridized carbons (Fsp3) is 0.538. The molecular formula is C13H16BrClF3N. The van der Waals surface area contributed by atoms with E-state index in [0.29, 0.717) is 22.6 Å². The van der Waals surface area contributed by atoms with Crippen LogP contribution in [0.5, 0.6) is 0 Å². The van der Waals surface area contributed by atoms with Gasteiger partial charge in [-0.05, 0) is 46.0 Å². The molecule has 0 saturated heterocycles. The van der Waals surface area contributed by atoms with Crippen molar-refractivity contribution in [3.05, 3.63) is 28.2 Å². The van der Waals surface area contributed by atoms with Gasteiger partial charge >= 0.3 is 6.18 Å². The van der Waals surface area contributed by atoms with Gasteiger partial charge in [-0.2, -0.15) is 13.2 Å². The highest BCUT2D eigenvalue weighted by molar-refractivity contribution is 9.10. The molecule has 0 atom stereocenters. The molecule has 1 aromatic rings. The van der Waals surface area contributed by atoms with Gasteiger partial charge in [-0.25, -0.2) is 0 Å². The largest absolute Gasteiger partial charge is 0.416 e. The number of rotatable bonds is 5. The van der Waals surface area contributed by atoms with Crippen molar-refractivity contribution < 1.29 is 13.2 Å². The molecule has 0 aliphatic heterocycles. The van der Waals surface area contributed by atoms with Crippen LogP contribution in [0.4, 0.5) is 18.9 Å². The van der Waals surface area contributed by atoms with Crippen LogP contribution in [-0.2, 0) is 6.18 Å². The molecule has 0 spiro atoms. The van der Waals surface area contributed by atoms with E-state index in [0.717, 1.165) is 18.6 Å². The summed E-state index contributed by atoms with van der Waals surface area (Å²) in [6, 6.07) is 3.59. The van der Waals surface area contributed by atoms with E-state index >= 15 is 0 Å². The van der Waals surface area contributed by atoms with Crippen LogP contribution in [0.3, 0.4) is 0 Å². The van der Waals surface area contributed by atoms with Gasteiger partial charge in [0.1, 0.15) is 0 Å². The first kappa shape index (κ1) is 16.6. The molecule has 0 amide bonds. The SMILES string of the molecule is CC(C)(CCCl)CNc1ccc(C(F)(F)F)cc1Br. The summed E-state index contributed by atoms with van der Waals surface area (Å²) in [5.74, 6) is 0.558. The Morgan fingerprint density at radius 2 is 1.89 bits per heavy atom. The minimum atomic E-state index is -4.32. The first-order valence-electron chi connectivity index (χ1n) is 5.82. The van der Waals surface area contributed by atoms with Crippen molar-refractivity contribution >= 4 is 33.2 Å². The fourth-order valence-corrected chi connectivity index (χ4v) is 2.54. The van der Waals surface area contributed by atoms with E-state index in [9.17, 15) is 13.2 Å². The molecule has 0 saturated carbocycles. The maximum atomic E-state index is 12.5. The van der Waals surface area contributed by atoms with Crippen LogP contribution in [0.25, 0.3) is 0 Å². The Labute approximate surface area is 124 Å². The number of halogens is 5. The van der Waals surface area contributed by atoms with Crippen LogP contribution in [0, 0.1) is 5.41 Å². The molecule has 0 fully saturated rings. The van der Waals surface area contributed by atoms with E-state index in [2.05, 4.69) is 35.1 Å². The van der Waals surface area contributed by atoms with Gasteiger partial charge in [-0.1, -0.05) is 13.8 Å². The zero-order chi connectivity index (χ0) is 14.7. The molecule has 0 unspecified atom stereocenters. The van der Waals surface area contributed by atoms with Crippen LogP contribution in [0.15, 0.2) is 22.7 Å². The summed E-state index contributed by atoms with van der Waals surface area (Å²) >= 11 is 8.87. The predicted octanol–water partition coefficient (Wildman–Crippen LogP) is 5.53. The maximum absolute atomic E-state index is 12.5. The van der Waals surface area contributed by atoms with E-state index in [4.69, 9.17) is 11.6 Å². The molecule has 0 heterocycles. The van der Waals surface area contributed by atoms with Gasteiger partial charge in [0.05, 0.1) is 5.56 Å². The smallest absolute Gasteiger partial charge is 0.384 e. The van der Waals surface area contributed by atoms with Gasteiger partial charge in [-0.15, -0.1) is 11.6 Å². The van der Waals surface area contributed by atoms with Gasteiger partial charge in [0, 0.05) is 22.6 Å². The molecule has 0 aromatic heterocycles. The first-order valence-corrected chi connectivity index (χ1v) is 7.15. The molecule has 1 aromatic carbocycles. The second kappa shape index (κ2) is 6.35. The molecule has 0 radical (unpaired) electrons. The zero-order valence-corrected chi connectivity index (χ0v) is 13.1. The second-order valence-corrected chi connectivity index (χ2v) is 6.38. The first-order chi connectivity index (χ1) is 8.65. The Hall–Kier alpha value is -0.420. The van der Waals surface area contributed by atoms with Crippen LogP contribution < -0.4 is 5.32 Å². The molecule has 19 heavy (non-hydrogen) atoms. The quantitative estimate of drug-likeness (QED) is 0.682. The van der Waals surface area contributed by atoms with Crippen molar-refractivity contribution in [2.75, 3.05) is 17.7 Å². The van der Waals surface area contributed by atoms with E-state index in [1.807, 2.05) is 0 Å². The highest BCUT2D eigenvalue weighted by Gasteiger charge is 2.30. The van der Waals surface area contributed by atoms with Gasteiger partial charge in [0.15, 0.2) is 0 Å². The Morgan fingerprint density at radius 1 is 1.26 bits per heavy atom. The van der Waals surface area contributed by atoms with Crippen molar-refractivity contribution in [3.63, 3.8) is 0 Å². The van der Waals surface area contributed by atoms with E-state index in [-0.39, 0.29) is 5.41 Å². The number of benzene rings is 1. The number of alkyl halides is 4. The van der Waals surface area contributed by atoms with Gasteiger partial charge < -0.3 is 5.32 Å². The van der Waals surface area contributed by atoms with Crippen LogP contribution in [0.1, 0.15) is 25.8 Å². The van der Waals surface area contributed by atoms with E-state index < -0.39 is 11.7 Å². The molecular weight excluding hydrogens is 343 g/mol. The van der Waals surface area contributed by atoms with Crippen molar-refractivity contribution in [3.8, 4) is 0 Å². The fourth-order valence-electron chi connectivity index (χ4n) is 1.51. The summed E-state index contributed by atoms with van der Waals surface area (Å²) in [6.45, 7) is 4.75. The third-order valence-electron chi connectivity index (χ3n) is 2.83. The standard InChI is InChI=1S/C13H16BrClF3N/c1-12(2,5-6-15)8-19-11-4-3-9(7-10(11)14)13(16,17)18/h3-4,7,19H,5-6,8H2,1-2H3. The normalized spacial score (nSPS) is 12.6. The third kappa shape index (κ3) is 5.22. The summed E-state index contributed by atoms with van der Waals surface area (Å²) in [7, 11) is 0. The minimum absolute atomic E-state index is 0.0100. The predicted molar refractivity (Wildman–Crippen MR) is 76.8 cm³/mol. The topological polar surface area (TPSA) is 12.0 Å². The molecule has 1 N–H and O–H groups in total. The summed E-state index contributed by atoms with van der Waals surface area (Å²) in [6.07, 6.45) is -3.49. The number of nitrogens with one attached hydrogen (secondary N) is 1. The average Bonchev–Trinajstić information content (AvgIpc) is 2.26.